The topological polar surface area (TPSA) is 78.1 Å². The van der Waals surface area contributed by atoms with Gasteiger partial charge in [-0.1, -0.05) is 50.8 Å². The number of nitrogens with one attached hydrogen (secondary N) is 2. The van der Waals surface area contributed by atoms with Crippen LogP contribution in [0, 0.1) is 5.92 Å². The number of aromatic nitrogens is 2. The van der Waals surface area contributed by atoms with Gasteiger partial charge in [0.1, 0.15) is 0 Å². The number of amides is 2. The highest BCUT2D eigenvalue weighted by molar-refractivity contribution is 5.95. The fourth-order valence-corrected chi connectivity index (χ4v) is 4.21. The number of benzene rings is 1. The van der Waals surface area contributed by atoms with Crippen molar-refractivity contribution in [1.82, 2.24) is 15.1 Å². The van der Waals surface area contributed by atoms with Crippen molar-refractivity contribution in [2.45, 2.75) is 44.9 Å². The minimum absolute atomic E-state index is 0.0300. The van der Waals surface area contributed by atoms with Crippen molar-refractivity contribution in [3.05, 3.63) is 65.9 Å². The Morgan fingerprint density at radius 3 is 2.58 bits per heavy atom. The molecule has 2 aliphatic rings. The third-order valence-corrected chi connectivity index (χ3v) is 6.15. The summed E-state index contributed by atoms with van der Waals surface area (Å²) in [6, 6.07) is 10.2. The van der Waals surface area contributed by atoms with Crippen LogP contribution in [0.2, 0.25) is 0 Å². The molecule has 1 atom stereocenters. The number of rotatable bonds is 7. The number of nitrogens with zero attached hydrogens (tertiary/aromatic N) is 2. The third-order valence-electron chi connectivity index (χ3n) is 6.15. The lowest BCUT2D eigenvalue weighted by Crippen LogP contribution is -2.33. The zero-order valence-corrected chi connectivity index (χ0v) is 18.2. The summed E-state index contributed by atoms with van der Waals surface area (Å²) in [5, 5.41) is 10.3. The van der Waals surface area contributed by atoms with Gasteiger partial charge in [-0.2, -0.15) is 5.10 Å². The molecule has 2 amide bonds. The molecule has 162 valence electrons. The lowest BCUT2D eigenvalue weighted by molar-refractivity contribution is -0.125. The Labute approximate surface area is 183 Å². The van der Waals surface area contributed by atoms with Gasteiger partial charge in [-0.15, -0.1) is 0 Å². The number of hydrogen-bond acceptors (Lipinski definition) is 3. The maximum absolute atomic E-state index is 13.0. The molecule has 2 N–H and O–H groups in total. The molecule has 1 aliphatic carbocycles. The molecule has 0 radical (unpaired) electrons. The van der Waals surface area contributed by atoms with Crippen molar-refractivity contribution in [3.63, 3.8) is 0 Å². The van der Waals surface area contributed by atoms with Gasteiger partial charge >= 0.3 is 0 Å². The largest absolute Gasteiger partial charge is 0.335 e. The van der Waals surface area contributed by atoms with Crippen LogP contribution in [0.1, 0.15) is 61.8 Å². The molecule has 2 heterocycles. The van der Waals surface area contributed by atoms with E-state index in [2.05, 4.69) is 54.1 Å². The Morgan fingerprint density at radius 2 is 2.00 bits per heavy atom. The molecular formula is C25H30N4O2. The first-order chi connectivity index (χ1) is 15.0. The minimum Gasteiger partial charge on any atom is -0.335 e. The lowest BCUT2D eigenvalue weighted by Gasteiger charge is -2.26. The third kappa shape index (κ3) is 4.79. The van der Waals surface area contributed by atoms with Crippen LogP contribution in [0.25, 0.3) is 5.57 Å². The molecule has 0 spiro atoms. The number of H-pyrrole nitrogens is 1. The SMILES string of the molecule is C=CC(=O)N1CC=C(c2ccc(C(C(=O)Nc3cc(C4CC4)[nH]n3)C(C)C)cc2)CC1. The number of carbonyl (C=O) groups excluding carboxylic acids is 2. The quantitative estimate of drug-likeness (QED) is 0.652. The second-order valence-electron chi connectivity index (χ2n) is 8.78. The summed E-state index contributed by atoms with van der Waals surface area (Å²) < 4.78 is 0. The summed E-state index contributed by atoms with van der Waals surface area (Å²) >= 11 is 0. The van der Waals surface area contributed by atoms with Crippen LogP contribution in [-0.4, -0.2) is 40.0 Å². The first kappa shape index (κ1) is 21.1. The van der Waals surface area contributed by atoms with Gasteiger partial charge in [-0.25, -0.2) is 0 Å². The van der Waals surface area contributed by atoms with E-state index in [0.717, 1.165) is 23.2 Å². The molecule has 1 aliphatic heterocycles. The van der Waals surface area contributed by atoms with E-state index >= 15 is 0 Å². The van der Waals surface area contributed by atoms with Crippen molar-refractivity contribution >= 4 is 23.2 Å². The molecule has 0 bridgehead atoms. The van der Waals surface area contributed by atoms with Gasteiger partial charge in [0.25, 0.3) is 0 Å². The summed E-state index contributed by atoms with van der Waals surface area (Å²) in [5.74, 6) is 1.00. The summed E-state index contributed by atoms with van der Waals surface area (Å²) in [6.07, 6.45) is 6.66. The predicted molar refractivity (Wildman–Crippen MR) is 123 cm³/mol. The fraction of sp³-hybridized carbons (Fsp3) is 0.400. The number of aromatic amines is 1. The van der Waals surface area contributed by atoms with Crippen molar-refractivity contribution in [1.29, 1.82) is 0 Å². The Morgan fingerprint density at radius 1 is 1.26 bits per heavy atom. The highest BCUT2D eigenvalue weighted by Crippen LogP contribution is 2.39. The molecule has 6 nitrogen and oxygen atoms in total. The van der Waals surface area contributed by atoms with Crippen molar-refractivity contribution in [3.8, 4) is 0 Å². The first-order valence-corrected chi connectivity index (χ1v) is 11.0. The Bertz CT molecular complexity index is 999. The molecule has 1 fully saturated rings. The van der Waals surface area contributed by atoms with E-state index in [0.29, 0.717) is 24.8 Å². The minimum atomic E-state index is -0.254. The van der Waals surface area contributed by atoms with Crippen molar-refractivity contribution in [2.75, 3.05) is 18.4 Å². The molecule has 1 aromatic heterocycles. The predicted octanol–water partition coefficient (Wildman–Crippen LogP) is 4.47. The molecule has 31 heavy (non-hydrogen) atoms. The van der Waals surface area contributed by atoms with Crippen molar-refractivity contribution < 1.29 is 9.59 Å². The molecular weight excluding hydrogens is 388 g/mol. The zero-order chi connectivity index (χ0) is 22.0. The maximum Gasteiger partial charge on any atom is 0.246 e. The summed E-state index contributed by atoms with van der Waals surface area (Å²) in [5.41, 5.74) is 4.47. The lowest BCUT2D eigenvalue weighted by atomic mass is 9.86. The highest BCUT2D eigenvalue weighted by atomic mass is 16.2. The summed E-state index contributed by atoms with van der Waals surface area (Å²) in [6.45, 7) is 8.98. The van der Waals surface area contributed by atoms with Crippen LogP contribution in [0.4, 0.5) is 5.82 Å². The number of anilines is 1. The monoisotopic (exact) mass is 418 g/mol. The standard InChI is InChI=1S/C25H30N4O2/c1-4-23(30)29-13-11-18(12-14-29)17-5-9-20(10-6-17)24(16(2)3)25(31)26-22-15-21(27-28-22)19-7-8-19/h4-6,9-11,15-16,19,24H,1,7-8,12-14H2,2-3H3,(H2,26,27,28,31). The highest BCUT2D eigenvalue weighted by Gasteiger charge is 2.28. The average molecular weight is 419 g/mol. The van der Waals surface area contributed by atoms with Gasteiger partial charge < -0.3 is 10.2 Å². The van der Waals surface area contributed by atoms with E-state index in [-0.39, 0.29) is 23.7 Å². The van der Waals surface area contributed by atoms with Crippen molar-refractivity contribution in [2.24, 2.45) is 5.92 Å². The Balaban J connectivity index is 1.45. The van der Waals surface area contributed by atoms with E-state index < -0.39 is 0 Å². The smallest absolute Gasteiger partial charge is 0.246 e. The van der Waals surface area contributed by atoms with Gasteiger partial charge in [0, 0.05) is 30.8 Å². The van der Waals surface area contributed by atoms with Crippen LogP contribution in [0.15, 0.2) is 49.1 Å². The van der Waals surface area contributed by atoms with Crippen LogP contribution in [0.5, 0.6) is 0 Å². The Hall–Kier alpha value is -3.15. The van der Waals surface area contributed by atoms with Crippen LogP contribution < -0.4 is 5.32 Å². The maximum atomic E-state index is 13.0. The van der Waals surface area contributed by atoms with Gasteiger partial charge in [-0.3, -0.25) is 14.7 Å². The van der Waals surface area contributed by atoms with E-state index in [1.165, 1.54) is 24.5 Å². The molecule has 1 aromatic carbocycles. The molecule has 4 rings (SSSR count). The molecule has 1 saturated carbocycles. The number of hydrogen-bond donors (Lipinski definition) is 2. The van der Waals surface area contributed by atoms with E-state index in [9.17, 15) is 9.59 Å². The van der Waals surface area contributed by atoms with Gasteiger partial charge in [0.15, 0.2) is 5.82 Å². The normalized spacial score (nSPS) is 17.3. The Kier molecular flexibility index (Phi) is 6.07. The summed E-state index contributed by atoms with van der Waals surface area (Å²) in [4.78, 5) is 26.6. The molecule has 6 heteroatoms. The molecule has 2 aromatic rings. The van der Waals surface area contributed by atoms with Gasteiger partial charge in [0.05, 0.1) is 5.92 Å². The summed E-state index contributed by atoms with van der Waals surface area (Å²) in [7, 11) is 0. The van der Waals surface area contributed by atoms with E-state index in [4.69, 9.17) is 0 Å². The second-order valence-corrected chi connectivity index (χ2v) is 8.78. The second kappa shape index (κ2) is 8.92. The van der Waals surface area contributed by atoms with Crippen LogP contribution in [-0.2, 0) is 9.59 Å². The van der Waals surface area contributed by atoms with Gasteiger partial charge in [-0.05, 0) is 48.0 Å². The number of carbonyl (C=O) groups is 2. The molecule has 0 saturated heterocycles. The fourth-order valence-electron chi connectivity index (χ4n) is 4.21. The van der Waals surface area contributed by atoms with Crippen LogP contribution in [0.3, 0.4) is 0 Å². The van der Waals surface area contributed by atoms with E-state index in [1.54, 1.807) is 4.90 Å². The van der Waals surface area contributed by atoms with Crippen LogP contribution >= 0.6 is 0 Å². The first-order valence-electron chi connectivity index (χ1n) is 11.0. The average Bonchev–Trinajstić information content (AvgIpc) is 3.53. The zero-order valence-electron chi connectivity index (χ0n) is 18.2. The van der Waals surface area contributed by atoms with Gasteiger partial charge in [0.2, 0.25) is 11.8 Å². The van der Waals surface area contributed by atoms with E-state index in [1.807, 2.05) is 18.2 Å². The molecule has 1 unspecified atom stereocenters.